The molecule has 1 aromatic heterocycles. The number of carbonyl (C=O) groups excluding carboxylic acids is 3. The van der Waals surface area contributed by atoms with Gasteiger partial charge in [0.2, 0.25) is 11.8 Å². The summed E-state index contributed by atoms with van der Waals surface area (Å²) >= 11 is 1.64. The van der Waals surface area contributed by atoms with Crippen LogP contribution in [0.1, 0.15) is 76.5 Å². The fraction of sp³-hybridized carbons (Fsp3) is 0.500. The van der Waals surface area contributed by atoms with Crippen LogP contribution < -0.4 is 10.1 Å². The minimum atomic E-state index is -0.389. The van der Waals surface area contributed by atoms with Crippen molar-refractivity contribution in [1.29, 1.82) is 0 Å². The third-order valence-corrected chi connectivity index (χ3v) is 10.1. The van der Waals surface area contributed by atoms with Gasteiger partial charge in [-0.1, -0.05) is 29.4 Å². The maximum atomic E-state index is 13.3. The standard InChI is InChI=1S/C36H45N3O7S/c1-24-33(25(2)46-38-24)22-47-23-35(41)39-29-11-12-30(39)21-28(20-29)32-7-5-4-6-26(32)10-15-34(40)37-16-17-44-18-19-45-31-13-8-27(9-14-31)36(42)43-3/h4-9,13-14,28-30H,10-12,15-23H2,1-3H3,(H,37,40). The van der Waals surface area contributed by atoms with Crippen molar-refractivity contribution >= 4 is 29.5 Å². The fourth-order valence-electron chi connectivity index (χ4n) is 6.75. The summed E-state index contributed by atoms with van der Waals surface area (Å²) < 4.78 is 21.2. The van der Waals surface area contributed by atoms with Gasteiger partial charge in [0.1, 0.15) is 18.1 Å². The molecule has 5 rings (SSSR count). The second kappa shape index (κ2) is 16.8. The second-order valence-corrected chi connectivity index (χ2v) is 13.2. The van der Waals surface area contributed by atoms with Gasteiger partial charge < -0.3 is 29.0 Å². The lowest BCUT2D eigenvalue weighted by Gasteiger charge is -2.39. The number of amides is 2. The van der Waals surface area contributed by atoms with Crippen molar-refractivity contribution < 1.29 is 33.1 Å². The zero-order chi connectivity index (χ0) is 33.2. The average Bonchev–Trinajstić information content (AvgIpc) is 3.55. The Hall–Kier alpha value is -3.83. The number of aromatic nitrogens is 1. The maximum Gasteiger partial charge on any atom is 0.337 e. The number of hydrogen-bond donors (Lipinski definition) is 1. The van der Waals surface area contributed by atoms with E-state index in [4.69, 9.17) is 18.7 Å². The maximum absolute atomic E-state index is 13.3. The van der Waals surface area contributed by atoms with Crippen molar-refractivity contribution in [3.8, 4) is 5.75 Å². The van der Waals surface area contributed by atoms with E-state index in [1.54, 1.807) is 36.0 Å². The number of benzene rings is 2. The Kier molecular flexibility index (Phi) is 12.4. The van der Waals surface area contributed by atoms with Crippen LogP contribution in [-0.2, 0) is 31.2 Å². The molecule has 2 saturated heterocycles. The highest BCUT2D eigenvalue weighted by Crippen LogP contribution is 2.44. The van der Waals surface area contributed by atoms with Crippen LogP contribution in [0, 0.1) is 13.8 Å². The van der Waals surface area contributed by atoms with Crippen molar-refractivity contribution in [3.63, 3.8) is 0 Å². The first kappa shape index (κ1) is 34.5. The number of carbonyl (C=O) groups is 3. The molecule has 2 aromatic carbocycles. The van der Waals surface area contributed by atoms with Gasteiger partial charge in [-0.25, -0.2) is 4.79 Å². The Morgan fingerprint density at radius 3 is 2.45 bits per heavy atom. The number of methoxy groups -OCH3 is 1. The largest absolute Gasteiger partial charge is 0.491 e. The van der Waals surface area contributed by atoms with Crippen LogP contribution in [0.3, 0.4) is 0 Å². The van der Waals surface area contributed by atoms with Crippen LogP contribution in [0.4, 0.5) is 0 Å². The van der Waals surface area contributed by atoms with E-state index in [0.717, 1.165) is 48.5 Å². The highest BCUT2D eigenvalue weighted by Gasteiger charge is 2.43. The van der Waals surface area contributed by atoms with Crippen LogP contribution >= 0.6 is 11.8 Å². The molecule has 0 aliphatic carbocycles. The summed E-state index contributed by atoms with van der Waals surface area (Å²) in [6, 6.07) is 15.8. The Morgan fingerprint density at radius 1 is 1.00 bits per heavy atom. The van der Waals surface area contributed by atoms with Crippen LogP contribution in [0.25, 0.3) is 0 Å². The van der Waals surface area contributed by atoms with Gasteiger partial charge in [-0.15, -0.1) is 11.8 Å². The number of thioether (sulfide) groups is 1. The normalized spacial score (nSPS) is 18.6. The quantitative estimate of drug-likeness (QED) is 0.159. The topological polar surface area (TPSA) is 120 Å². The van der Waals surface area contributed by atoms with Crippen LogP contribution in [-0.4, -0.2) is 79.2 Å². The summed E-state index contributed by atoms with van der Waals surface area (Å²) in [5, 5.41) is 6.98. The van der Waals surface area contributed by atoms with E-state index in [0.29, 0.717) is 62.2 Å². The number of hydrogen-bond acceptors (Lipinski definition) is 9. The SMILES string of the molecule is COC(=O)c1ccc(OCCOCCNC(=O)CCc2ccccc2C2CC3CCC(C2)N3C(=O)CSCc2c(C)noc2C)cc1. The molecule has 2 atom stereocenters. The number of ether oxygens (including phenoxy) is 3. The lowest BCUT2D eigenvalue weighted by molar-refractivity contribution is -0.132. The molecule has 47 heavy (non-hydrogen) atoms. The van der Waals surface area contributed by atoms with Crippen molar-refractivity contribution in [2.24, 2.45) is 0 Å². The molecular formula is C36H45N3O7S. The van der Waals surface area contributed by atoms with Gasteiger partial charge in [-0.3, -0.25) is 9.59 Å². The molecule has 2 amide bonds. The molecule has 0 saturated carbocycles. The molecule has 0 radical (unpaired) electrons. The molecule has 0 spiro atoms. The van der Waals surface area contributed by atoms with E-state index in [1.165, 1.54) is 18.2 Å². The second-order valence-electron chi connectivity index (χ2n) is 12.2. The average molecular weight is 664 g/mol. The van der Waals surface area contributed by atoms with Gasteiger partial charge in [-0.05, 0) is 87.3 Å². The van der Waals surface area contributed by atoms with Crippen molar-refractivity contribution in [2.45, 2.75) is 76.1 Å². The van der Waals surface area contributed by atoms with Crippen LogP contribution in [0.15, 0.2) is 53.1 Å². The smallest absolute Gasteiger partial charge is 0.337 e. The lowest BCUT2D eigenvalue weighted by Crippen LogP contribution is -2.47. The number of nitrogens with zero attached hydrogens (tertiary/aromatic N) is 2. The first-order chi connectivity index (χ1) is 22.8. The predicted octanol–water partition coefficient (Wildman–Crippen LogP) is 5.39. The van der Waals surface area contributed by atoms with Crippen LogP contribution in [0.5, 0.6) is 5.75 Å². The molecule has 10 nitrogen and oxygen atoms in total. The van der Waals surface area contributed by atoms with E-state index in [9.17, 15) is 14.4 Å². The molecule has 11 heteroatoms. The molecule has 2 aliphatic rings. The van der Waals surface area contributed by atoms with E-state index in [-0.39, 0.29) is 29.9 Å². The molecular weight excluding hydrogens is 618 g/mol. The van der Waals surface area contributed by atoms with E-state index >= 15 is 0 Å². The minimum absolute atomic E-state index is 0.0000710. The number of rotatable bonds is 16. The fourth-order valence-corrected chi connectivity index (χ4v) is 7.79. The summed E-state index contributed by atoms with van der Waals surface area (Å²) in [5.74, 6) is 2.92. The first-order valence-electron chi connectivity index (χ1n) is 16.4. The van der Waals surface area contributed by atoms with E-state index < -0.39 is 0 Å². The van der Waals surface area contributed by atoms with Gasteiger partial charge in [0.05, 0.1) is 37.3 Å². The predicted molar refractivity (Wildman–Crippen MR) is 180 cm³/mol. The number of nitrogens with one attached hydrogen (secondary N) is 1. The Balaban J connectivity index is 0.998. The third-order valence-electron chi connectivity index (χ3n) is 9.13. The van der Waals surface area contributed by atoms with Gasteiger partial charge in [-0.2, -0.15) is 0 Å². The zero-order valence-electron chi connectivity index (χ0n) is 27.5. The highest BCUT2D eigenvalue weighted by atomic mass is 32.2. The molecule has 2 aliphatic heterocycles. The summed E-state index contributed by atoms with van der Waals surface area (Å²) in [4.78, 5) is 39.6. The Morgan fingerprint density at radius 2 is 1.74 bits per heavy atom. The molecule has 252 valence electrons. The lowest BCUT2D eigenvalue weighted by atomic mass is 9.82. The molecule has 2 unspecified atom stereocenters. The van der Waals surface area contributed by atoms with E-state index in [1.807, 2.05) is 19.9 Å². The highest BCUT2D eigenvalue weighted by molar-refractivity contribution is 7.99. The zero-order valence-corrected chi connectivity index (χ0v) is 28.3. The van der Waals surface area contributed by atoms with E-state index in [2.05, 4.69) is 33.6 Å². The molecule has 3 aromatic rings. The van der Waals surface area contributed by atoms with Gasteiger partial charge in [0.15, 0.2) is 0 Å². The van der Waals surface area contributed by atoms with Gasteiger partial charge in [0.25, 0.3) is 0 Å². The monoisotopic (exact) mass is 663 g/mol. The number of aryl methyl sites for hydroxylation is 3. The van der Waals surface area contributed by atoms with Crippen molar-refractivity contribution in [3.05, 3.63) is 82.2 Å². The van der Waals surface area contributed by atoms with Crippen molar-refractivity contribution in [1.82, 2.24) is 15.4 Å². The van der Waals surface area contributed by atoms with Gasteiger partial charge >= 0.3 is 5.97 Å². The Bertz CT molecular complexity index is 1470. The third kappa shape index (κ3) is 9.16. The number of piperidine rings is 1. The molecule has 3 heterocycles. The first-order valence-corrected chi connectivity index (χ1v) is 17.5. The summed E-state index contributed by atoms with van der Waals surface area (Å²) in [6.45, 7) is 5.43. The summed E-state index contributed by atoms with van der Waals surface area (Å²) in [6.07, 6.45) is 5.15. The van der Waals surface area contributed by atoms with Crippen LogP contribution in [0.2, 0.25) is 0 Å². The molecule has 1 N–H and O–H groups in total. The van der Waals surface area contributed by atoms with Crippen molar-refractivity contribution in [2.75, 3.05) is 39.2 Å². The number of esters is 1. The summed E-state index contributed by atoms with van der Waals surface area (Å²) in [7, 11) is 1.35. The minimum Gasteiger partial charge on any atom is -0.491 e. The molecule has 2 fully saturated rings. The Labute approximate surface area is 280 Å². The molecule has 2 bridgehead atoms. The number of fused-ring (bicyclic) bond motifs is 2. The summed E-state index contributed by atoms with van der Waals surface area (Å²) in [5.41, 5.74) is 4.99. The van der Waals surface area contributed by atoms with Gasteiger partial charge in [0, 0.05) is 36.4 Å².